The summed E-state index contributed by atoms with van der Waals surface area (Å²) in [5, 5.41) is 3.20. The molecule has 0 fully saturated rings. The zero-order chi connectivity index (χ0) is 13.7. The Balaban J connectivity index is 2.03. The molecule has 0 saturated heterocycles. The second kappa shape index (κ2) is 6.59. The van der Waals surface area contributed by atoms with E-state index in [0.717, 1.165) is 10.6 Å². The number of pyridine rings is 1. The topological polar surface area (TPSA) is 42.0 Å². The van der Waals surface area contributed by atoms with Gasteiger partial charge < -0.3 is 5.32 Å². The number of carbonyl (C=O) groups is 1. The second-order valence-electron chi connectivity index (χ2n) is 3.96. The molecule has 1 heterocycles. The lowest BCUT2D eigenvalue weighted by Crippen LogP contribution is -2.07. The first-order valence-corrected chi connectivity index (χ1v) is 7.11. The van der Waals surface area contributed by atoms with Crippen LogP contribution in [0.4, 0.5) is 5.82 Å². The van der Waals surface area contributed by atoms with Gasteiger partial charge in [0.05, 0.1) is 5.02 Å². The first kappa shape index (κ1) is 13.9. The highest BCUT2D eigenvalue weighted by atomic mass is 35.5. The summed E-state index contributed by atoms with van der Waals surface area (Å²) < 4.78 is 0. The third-order valence-corrected chi connectivity index (χ3v) is 3.90. The van der Waals surface area contributed by atoms with Crippen LogP contribution in [-0.2, 0) is 10.5 Å². The van der Waals surface area contributed by atoms with Crippen molar-refractivity contribution in [2.75, 3.05) is 5.32 Å². The summed E-state index contributed by atoms with van der Waals surface area (Å²) in [6.45, 7) is 1.44. The Bertz CT molecular complexity index is 575. The summed E-state index contributed by atoms with van der Waals surface area (Å²) in [5.74, 6) is 1.15. The van der Waals surface area contributed by atoms with E-state index in [1.165, 1.54) is 12.5 Å². The van der Waals surface area contributed by atoms with Crippen LogP contribution < -0.4 is 5.32 Å². The third-order valence-electron chi connectivity index (χ3n) is 2.36. The molecule has 98 valence electrons. The Labute approximate surface area is 121 Å². The molecule has 0 saturated carbocycles. The zero-order valence-corrected chi connectivity index (χ0v) is 12.0. The van der Waals surface area contributed by atoms with Crippen molar-refractivity contribution in [2.24, 2.45) is 0 Å². The van der Waals surface area contributed by atoms with Gasteiger partial charge in [0.15, 0.2) is 0 Å². The van der Waals surface area contributed by atoms with Gasteiger partial charge in [-0.25, -0.2) is 4.98 Å². The molecule has 0 aliphatic rings. The Morgan fingerprint density at radius 3 is 2.74 bits per heavy atom. The maximum absolute atomic E-state index is 10.9. The highest BCUT2D eigenvalue weighted by molar-refractivity contribution is 7.98. The molecule has 2 rings (SSSR count). The molecule has 1 amide bonds. The average Bonchev–Trinajstić information content (AvgIpc) is 2.38. The lowest BCUT2D eigenvalue weighted by Gasteiger charge is -2.06. The number of aromatic nitrogens is 1. The van der Waals surface area contributed by atoms with Gasteiger partial charge in [0.25, 0.3) is 0 Å². The molecule has 0 atom stereocenters. The number of benzene rings is 1. The number of nitrogens with one attached hydrogen (secondary N) is 1. The second-order valence-corrected chi connectivity index (χ2v) is 5.38. The molecule has 2 aromatic rings. The molecule has 0 aliphatic carbocycles. The summed E-state index contributed by atoms with van der Waals surface area (Å²) in [7, 11) is 0. The van der Waals surface area contributed by atoms with Crippen LogP contribution in [0.2, 0.25) is 5.02 Å². The third kappa shape index (κ3) is 4.26. The molecule has 1 N–H and O–H groups in total. The lowest BCUT2D eigenvalue weighted by molar-refractivity contribution is -0.114. The molecule has 0 unspecified atom stereocenters. The molecular weight excluding hydrogens is 280 g/mol. The van der Waals surface area contributed by atoms with Gasteiger partial charge in [-0.3, -0.25) is 4.79 Å². The van der Waals surface area contributed by atoms with Gasteiger partial charge in [-0.1, -0.05) is 41.9 Å². The van der Waals surface area contributed by atoms with Gasteiger partial charge in [0.1, 0.15) is 5.82 Å². The fourth-order valence-electron chi connectivity index (χ4n) is 1.51. The number of nitrogens with zero attached hydrogens (tertiary/aromatic N) is 1. The highest BCUT2D eigenvalue weighted by Gasteiger charge is 2.05. The number of hydrogen-bond acceptors (Lipinski definition) is 3. The van der Waals surface area contributed by atoms with Gasteiger partial charge in [-0.05, 0) is 5.56 Å². The maximum Gasteiger partial charge on any atom is 0.222 e. The number of rotatable bonds is 4. The largest absolute Gasteiger partial charge is 0.311 e. The molecule has 1 aromatic carbocycles. The highest BCUT2D eigenvalue weighted by Crippen LogP contribution is 2.30. The van der Waals surface area contributed by atoms with Crippen molar-refractivity contribution in [1.29, 1.82) is 0 Å². The van der Waals surface area contributed by atoms with E-state index < -0.39 is 0 Å². The molecule has 1 aromatic heterocycles. The van der Waals surface area contributed by atoms with Crippen LogP contribution in [0, 0.1) is 0 Å². The summed E-state index contributed by atoms with van der Waals surface area (Å²) in [4.78, 5) is 16.0. The van der Waals surface area contributed by atoms with E-state index in [2.05, 4.69) is 22.4 Å². The van der Waals surface area contributed by atoms with Crippen LogP contribution in [0.3, 0.4) is 0 Å². The van der Waals surface area contributed by atoms with Crippen molar-refractivity contribution in [3.05, 3.63) is 53.2 Å². The standard InChI is InChI=1S/C14H13ClN2OS/c1-10(18)17-14-7-12(15)13(8-16-14)19-9-11-5-3-2-4-6-11/h2-8H,9H2,1H3,(H,16,17,18). The maximum atomic E-state index is 10.9. The van der Waals surface area contributed by atoms with Crippen molar-refractivity contribution >= 4 is 35.1 Å². The normalized spacial score (nSPS) is 10.2. The first-order chi connectivity index (χ1) is 9.15. The van der Waals surface area contributed by atoms with E-state index in [9.17, 15) is 4.79 Å². The van der Waals surface area contributed by atoms with E-state index in [1.54, 1.807) is 24.0 Å². The number of anilines is 1. The smallest absolute Gasteiger partial charge is 0.222 e. The average molecular weight is 293 g/mol. The zero-order valence-electron chi connectivity index (χ0n) is 10.4. The fraction of sp³-hybridized carbons (Fsp3) is 0.143. The lowest BCUT2D eigenvalue weighted by atomic mass is 10.2. The summed E-state index contributed by atoms with van der Waals surface area (Å²) in [6, 6.07) is 11.8. The molecular formula is C14H13ClN2OS. The Hall–Kier alpha value is -1.52. The van der Waals surface area contributed by atoms with Crippen molar-refractivity contribution in [3.63, 3.8) is 0 Å². The number of thioether (sulfide) groups is 1. The predicted octanol–water partition coefficient (Wildman–Crippen LogP) is 3.99. The summed E-state index contributed by atoms with van der Waals surface area (Å²) in [5.41, 5.74) is 1.23. The molecule has 0 radical (unpaired) electrons. The molecule has 0 spiro atoms. The van der Waals surface area contributed by atoms with Crippen LogP contribution in [0.1, 0.15) is 12.5 Å². The van der Waals surface area contributed by atoms with Gasteiger partial charge >= 0.3 is 0 Å². The van der Waals surface area contributed by atoms with Crippen LogP contribution in [0.15, 0.2) is 47.5 Å². The Morgan fingerprint density at radius 1 is 1.37 bits per heavy atom. The van der Waals surface area contributed by atoms with E-state index in [1.807, 2.05) is 18.2 Å². The van der Waals surface area contributed by atoms with Crippen molar-refractivity contribution in [1.82, 2.24) is 4.98 Å². The van der Waals surface area contributed by atoms with Crippen molar-refractivity contribution < 1.29 is 4.79 Å². The minimum absolute atomic E-state index is 0.159. The molecule has 19 heavy (non-hydrogen) atoms. The van der Waals surface area contributed by atoms with Gasteiger partial charge in [-0.2, -0.15) is 0 Å². The van der Waals surface area contributed by atoms with E-state index >= 15 is 0 Å². The van der Waals surface area contributed by atoms with Gasteiger partial charge in [-0.15, -0.1) is 11.8 Å². The van der Waals surface area contributed by atoms with Crippen molar-refractivity contribution in [3.8, 4) is 0 Å². The number of hydrogen-bond donors (Lipinski definition) is 1. The first-order valence-electron chi connectivity index (χ1n) is 5.75. The van der Waals surface area contributed by atoms with Crippen LogP contribution in [0.25, 0.3) is 0 Å². The summed E-state index contributed by atoms with van der Waals surface area (Å²) >= 11 is 7.79. The molecule has 0 aliphatic heterocycles. The number of carbonyl (C=O) groups excluding carboxylic acids is 1. The van der Waals surface area contributed by atoms with Crippen LogP contribution in [0.5, 0.6) is 0 Å². The SMILES string of the molecule is CC(=O)Nc1cc(Cl)c(SCc2ccccc2)cn1. The molecule has 0 bridgehead atoms. The molecule has 5 heteroatoms. The minimum Gasteiger partial charge on any atom is -0.311 e. The van der Waals surface area contributed by atoms with Gasteiger partial charge in [0, 0.05) is 29.8 Å². The van der Waals surface area contributed by atoms with Crippen molar-refractivity contribution in [2.45, 2.75) is 17.6 Å². The monoisotopic (exact) mass is 292 g/mol. The Kier molecular flexibility index (Phi) is 4.82. The molecule has 3 nitrogen and oxygen atoms in total. The van der Waals surface area contributed by atoms with E-state index in [0.29, 0.717) is 10.8 Å². The summed E-state index contributed by atoms with van der Waals surface area (Å²) in [6.07, 6.45) is 1.68. The predicted molar refractivity (Wildman–Crippen MR) is 79.6 cm³/mol. The minimum atomic E-state index is -0.159. The van der Waals surface area contributed by atoms with Crippen LogP contribution >= 0.6 is 23.4 Å². The van der Waals surface area contributed by atoms with Crippen LogP contribution in [-0.4, -0.2) is 10.9 Å². The number of halogens is 1. The fourth-order valence-corrected chi connectivity index (χ4v) is 2.66. The van der Waals surface area contributed by atoms with Gasteiger partial charge in [0.2, 0.25) is 5.91 Å². The number of amides is 1. The Morgan fingerprint density at radius 2 is 2.11 bits per heavy atom. The van der Waals surface area contributed by atoms with E-state index in [4.69, 9.17) is 11.6 Å². The van der Waals surface area contributed by atoms with E-state index in [-0.39, 0.29) is 5.91 Å². The quantitative estimate of drug-likeness (QED) is 0.867.